The van der Waals surface area contributed by atoms with Crippen molar-refractivity contribution in [2.45, 2.75) is 32.7 Å². The average molecular weight is 320 g/mol. The fourth-order valence-corrected chi connectivity index (χ4v) is 1.87. The zero-order chi connectivity index (χ0) is 17.2. The van der Waals surface area contributed by atoms with E-state index in [0.29, 0.717) is 0 Å². The van der Waals surface area contributed by atoms with E-state index in [1.165, 1.54) is 18.2 Å². The van der Waals surface area contributed by atoms with Gasteiger partial charge in [0.15, 0.2) is 0 Å². The standard InChI is InChI=1S/C15H20N4O4/c1-15(2,14(16)21)8-17-11-6-3-9(7-12(11)19(22)23)13(20)18-10-4-5-10/h3,6-7,10,17H,4-5,8H2,1-2H3,(H2,16,21)(H,18,20). The van der Waals surface area contributed by atoms with Crippen LogP contribution in [0, 0.1) is 15.5 Å². The molecule has 2 rings (SSSR count). The van der Waals surface area contributed by atoms with Gasteiger partial charge in [-0.15, -0.1) is 0 Å². The van der Waals surface area contributed by atoms with Gasteiger partial charge in [-0.3, -0.25) is 19.7 Å². The molecule has 0 radical (unpaired) electrons. The summed E-state index contributed by atoms with van der Waals surface area (Å²) in [7, 11) is 0. The van der Waals surface area contributed by atoms with Crippen molar-refractivity contribution in [3.05, 3.63) is 33.9 Å². The summed E-state index contributed by atoms with van der Waals surface area (Å²) in [6, 6.07) is 4.40. The molecule has 0 atom stereocenters. The molecule has 0 heterocycles. The number of benzene rings is 1. The number of nitrogens with one attached hydrogen (secondary N) is 2. The summed E-state index contributed by atoms with van der Waals surface area (Å²) in [5, 5.41) is 16.9. The van der Waals surface area contributed by atoms with Crippen molar-refractivity contribution in [3.8, 4) is 0 Å². The molecule has 0 aliphatic heterocycles. The maximum atomic E-state index is 12.0. The van der Waals surface area contributed by atoms with Gasteiger partial charge in [0.25, 0.3) is 11.6 Å². The molecule has 1 aliphatic carbocycles. The molecule has 1 saturated carbocycles. The van der Waals surface area contributed by atoms with E-state index in [1.807, 2.05) is 0 Å². The predicted molar refractivity (Wildman–Crippen MR) is 85.0 cm³/mol. The van der Waals surface area contributed by atoms with Crippen LogP contribution in [-0.2, 0) is 4.79 Å². The lowest BCUT2D eigenvalue weighted by Gasteiger charge is -2.21. The Kier molecular flexibility index (Phi) is 4.53. The Bertz CT molecular complexity index is 653. The number of primary amides is 1. The molecule has 0 saturated heterocycles. The topological polar surface area (TPSA) is 127 Å². The first-order valence-corrected chi connectivity index (χ1v) is 7.34. The zero-order valence-electron chi connectivity index (χ0n) is 13.1. The van der Waals surface area contributed by atoms with Crippen LogP contribution in [0.1, 0.15) is 37.0 Å². The Morgan fingerprint density at radius 1 is 1.39 bits per heavy atom. The molecule has 0 spiro atoms. The lowest BCUT2D eigenvalue weighted by Crippen LogP contribution is -2.37. The quantitative estimate of drug-likeness (QED) is 0.517. The number of amides is 2. The molecule has 1 fully saturated rings. The maximum absolute atomic E-state index is 12.0. The van der Waals surface area contributed by atoms with Crippen LogP contribution in [0.15, 0.2) is 18.2 Å². The number of nitrogens with zero attached hydrogens (tertiary/aromatic N) is 1. The van der Waals surface area contributed by atoms with Gasteiger partial charge in [0.1, 0.15) is 5.69 Å². The molecule has 0 unspecified atom stereocenters. The largest absolute Gasteiger partial charge is 0.378 e. The highest BCUT2D eigenvalue weighted by molar-refractivity contribution is 5.96. The predicted octanol–water partition coefficient (Wildman–Crippen LogP) is 1.41. The minimum absolute atomic E-state index is 0.150. The Morgan fingerprint density at radius 2 is 2.04 bits per heavy atom. The first-order chi connectivity index (χ1) is 10.7. The van der Waals surface area contributed by atoms with Crippen LogP contribution < -0.4 is 16.4 Å². The number of anilines is 1. The number of hydrogen-bond acceptors (Lipinski definition) is 5. The molecule has 1 aromatic rings. The van der Waals surface area contributed by atoms with Gasteiger partial charge < -0.3 is 16.4 Å². The van der Waals surface area contributed by atoms with Gasteiger partial charge in [0.2, 0.25) is 5.91 Å². The van der Waals surface area contributed by atoms with Crippen LogP contribution in [0.5, 0.6) is 0 Å². The van der Waals surface area contributed by atoms with Crippen LogP contribution in [0.2, 0.25) is 0 Å². The van der Waals surface area contributed by atoms with E-state index in [9.17, 15) is 19.7 Å². The first kappa shape index (κ1) is 16.7. The van der Waals surface area contributed by atoms with E-state index < -0.39 is 16.2 Å². The lowest BCUT2D eigenvalue weighted by molar-refractivity contribution is -0.384. The number of nitro groups is 1. The molecule has 2 amide bonds. The fourth-order valence-electron chi connectivity index (χ4n) is 1.87. The molecule has 1 aromatic carbocycles. The van der Waals surface area contributed by atoms with Crippen LogP contribution in [0.25, 0.3) is 0 Å². The summed E-state index contributed by atoms with van der Waals surface area (Å²) in [4.78, 5) is 34.0. The van der Waals surface area contributed by atoms with Gasteiger partial charge in [-0.05, 0) is 38.8 Å². The van der Waals surface area contributed by atoms with E-state index in [1.54, 1.807) is 13.8 Å². The summed E-state index contributed by atoms with van der Waals surface area (Å²) in [6.45, 7) is 3.44. The maximum Gasteiger partial charge on any atom is 0.293 e. The van der Waals surface area contributed by atoms with Crippen molar-refractivity contribution in [1.82, 2.24) is 5.32 Å². The van der Waals surface area contributed by atoms with Crippen molar-refractivity contribution < 1.29 is 14.5 Å². The molecule has 8 nitrogen and oxygen atoms in total. The zero-order valence-corrected chi connectivity index (χ0v) is 13.1. The second-order valence-electron chi connectivity index (χ2n) is 6.34. The summed E-state index contributed by atoms with van der Waals surface area (Å²) >= 11 is 0. The molecule has 23 heavy (non-hydrogen) atoms. The fraction of sp³-hybridized carbons (Fsp3) is 0.467. The van der Waals surface area contributed by atoms with Crippen molar-refractivity contribution in [1.29, 1.82) is 0 Å². The monoisotopic (exact) mass is 320 g/mol. The van der Waals surface area contributed by atoms with Crippen molar-refractivity contribution in [2.24, 2.45) is 11.1 Å². The van der Waals surface area contributed by atoms with Crippen LogP contribution in [0.3, 0.4) is 0 Å². The van der Waals surface area contributed by atoms with Crippen LogP contribution >= 0.6 is 0 Å². The van der Waals surface area contributed by atoms with Gasteiger partial charge in [-0.25, -0.2) is 0 Å². The third-order valence-electron chi connectivity index (χ3n) is 3.76. The second kappa shape index (κ2) is 6.23. The summed E-state index contributed by atoms with van der Waals surface area (Å²) in [6.07, 6.45) is 1.88. The van der Waals surface area contributed by atoms with Gasteiger partial charge in [-0.2, -0.15) is 0 Å². The molecular formula is C15H20N4O4. The smallest absolute Gasteiger partial charge is 0.293 e. The van der Waals surface area contributed by atoms with E-state index in [0.717, 1.165) is 12.8 Å². The van der Waals surface area contributed by atoms with Crippen LogP contribution in [-0.4, -0.2) is 29.3 Å². The average Bonchev–Trinajstić information content (AvgIpc) is 3.28. The van der Waals surface area contributed by atoms with Crippen molar-refractivity contribution >= 4 is 23.2 Å². The van der Waals surface area contributed by atoms with E-state index in [2.05, 4.69) is 10.6 Å². The van der Waals surface area contributed by atoms with Gasteiger partial charge in [0.05, 0.1) is 10.3 Å². The number of carbonyl (C=O) groups excluding carboxylic acids is 2. The molecule has 0 bridgehead atoms. The summed E-state index contributed by atoms with van der Waals surface area (Å²) in [5.41, 5.74) is 4.70. The second-order valence-corrected chi connectivity index (χ2v) is 6.34. The van der Waals surface area contributed by atoms with Gasteiger partial charge in [-0.1, -0.05) is 0 Å². The third-order valence-corrected chi connectivity index (χ3v) is 3.76. The molecule has 0 aromatic heterocycles. The van der Waals surface area contributed by atoms with Crippen molar-refractivity contribution in [2.75, 3.05) is 11.9 Å². The Labute approximate surface area is 133 Å². The minimum Gasteiger partial charge on any atom is -0.378 e. The molecule has 124 valence electrons. The first-order valence-electron chi connectivity index (χ1n) is 7.34. The molecule has 8 heteroatoms. The third kappa shape index (κ3) is 4.18. The minimum atomic E-state index is -0.851. The number of nitrogens with two attached hydrogens (primary N) is 1. The number of nitro benzene ring substituents is 1. The Hall–Kier alpha value is -2.64. The normalized spacial score (nSPS) is 14.2. The SMILES string of the molecule is CC(C)(CNc1ccc(C(=O)NC2CC2)cc1[N+](=O)[O-])C(N)=O. The number of hydrogen-bond donors (Lipinski definition) is 3. The summed E-state index contributed by atoms with van der Waals surface area (Å²) < 4.78 is 0. The van der Waals surface area contributed by atoms with E-state index in [-0.39, 0.29) is 35.4 Å². The Morgan fingerprint density at radius 3 is 2.57 bits per heavy atom. The Balaban J connectivity index is 2.17. The molecular weight excluding hydrogens is 300 g/mol. The van der Waals surface area contributed by atoms with Gasteiger partial charge in [0, 0.05) is 24.2 Å². The van der Waals surface area contributed by atoms with E-state index in [4.69, 9.17) is 5.73 Å². The highest BCUT2D eigenvalue weighted by Gasteiger charge is 2.27. The molecule has 4 N–H and O–H groups in total. The highest BCUT2D eigenvalue weighted by Crippen LogP contribution is 2.28. The lowest BCUT2D eigenvalue weighted by atomic mass is 9.92. The van der Waals surface area contributed by atoms with Gasteiger partial charge >= 0.3 is 0 Å². The number of carbonyl (C=O) groups is 2. The van der Waals surface area contributed by atoms with Crippen molar-refractivity contribution in [3.63, 3.8) is 0 Å². The molecule has 1 aliphatic rings. The number of rotatable bonds is 7. The van der Waals surface area contributed by atoms with E-state index >= 15 is 0 Å². The summed E-state index contributed by atoms with van der Waals surface area (Å²) in [5.74, 6) is -0.826. The highest BCUT2D eigenvalue weighted by atomic mass is 16.6. The van der Waals surface area contributed by atoms with Crippen LogP contribution in [0.4, 0.5) is 11.4 Å².